The van der Waals surface area contributed by atoms with Gasteiger partial charge in [-0.3, -0.25) is 13.9 Å². The van der Waals surface area contributed by atoms with Crippen molar-refractivity contribution in [2.24, 2.45) is 0 Å². The summed E-state index contributed by atoms with van der Waals surface area (Å²) in [5, 5.41) is 8.69. The average Bonchev–Trinajstić information content (AvgIpc) is 3.25. The summed E-state index contributed by atoms with van der Waals surface area (Å²) in [5.74, 6) is -0.884. The molecule has 3 aromatic carbocycles. The van der Waals surface area contributed by atoms with Gasteiger partial charge >= 0.3 is 0 Å². The number of aryl methyl sites for hydroxylation is 1. The standard InChI is InChI=1S/C30H34FN5O4S/c1-32-27(37)16-7-20-5-8-21(9-6-20)29(28-25-15-10-22(31)19-26(25)34-30(28)38)33-23-11-13-24(14-12-23)36(41(4,39)40)18-17-35(2)3/h5-6,8-15,19,33H,7,16-18H2,1-4H3,(H,32,37)(H,34,38)/b29-28-. The van der Waals surface area contributed by atoms with Crippen LogP contribution < -0.4 is 20.3 Å². The van der Waals surface area contributed by atoms with E-state index in [2.05, 4.69) is 16.0 Å². The lowest BCUT2D eigenvalue weighted by Crippen LogP contribution is -2.35. The maximum Gasteiger partial charge on any atom is 0.258 e. The second-order valence-electron chi connectivity index (χ2n) is 10.1. The predicted octanol–water partition coefficient (Wildman–Crippen LogP) is 3.76. The third-order valence-electron chi connectivity index (χ3n) is 6.71. The van der Waals surface area contributed by atoms with Crippen LogP contribution in [0.5, 0.6) is 0 Å². The number of nitrogens with one attached hydrogen (secondary N) is 3. The van der Waals surface area contributed by atoms with E-state index in [1.54, 1.807) is 37.4 Å². The second-order valence-corrected chi connectivity index (χ2v) is 12.0. The Labute approximate surface area is 240 Å². The van der Waals surface area contributed by atoms with E-state index in [-0.39, 0.29) is 11.8 Å². The molecule has 9 nitrogen and oxygen atoms in total. The highest BCUT2D eigenvalue weighted by molar-refractivity contribution is 7.92. The highest BCUT2D eigenvalue weighted by atomic mass is 32.2. The van der Waals surface area contributed by atoms with Gasteiger partial charge in [-0.2, -0.15) is 0 Å². The van der Waals surface area contributed by atoms with Crippen LogP contribution in [0, 0.1) is 5.82 Å². The molecule has 0 radical (unpaired) electrons. The van der Waals surface area contributed by atoms with Gasteiger partial charge in [0.25, 0.3) is 5.91 Å². The number of hydrogen-bond acceptors (Lipinski definition) is 6. The summed E-state index contributed by atoms with van der Waals surface area (Å²) in [7, 11) is 1.86. The van der Waals surface area contributed by atoms with Crippen molar-refractivity contribution in [3.63, 3.8) is 0 Å². The van der Waals surface area contributed by atoms with Crippen molar-refractivity contribution in [1.82, 2.24) is 10.2 Å². The Morgan fingerprint density at radius 1 is 0.976 bits per heavy atom. The number of likely N-dealkylation sites (N-methyl/N-ethyl adjacent to an activating group) is 1. The van der Waals surface area contributed by atoms with E-state index in [1.807, 2.05) is 43.3 Å². The number of amides is 2. The minimum Gasteiger partial charge on any atom is -0.359 e. The third-order valence-corrected chi connectivity index (χ3v) is 7.91. The molecule has 3 N–H and O–H groups in total. The highest BCUT2D eigenvalue weighted by Crippen LogP contribution is 2.38. The van der Waals surface area contributed by atoms with Crippen molar-refractivity contribution >= 4 is 50.2 Å². The van der Waals surface area contributed by atoms with Crippen LogP contribution in [-0.2, 0) is 26.0 Å². The number of halogens is 1. The quantitative estimate of drug-likeness (QED) is 0.299. The Balaban J connectivity index is 1.71. The first-order valence-corrected chi connectivity index (χ1v) is 15.0. The number of rotatable bonds is 11. The predicted molar refractivity (Wildman–Crippen MR) is 161 cm³/mol. The summed E-state index contributed by atoms with van der Waals surface area (Å²) >= 11 is 0. The van der Waals surface area contributed by atoms with E-state index < -0.39 is 15.8 Å². The van der Waals surface area contributed by atoms with Crippen LogP contribution in [0.4, 0.5) is 21.5 Å². The topological polar surface area (TPSA) is 111 Å². The monoisotopic (exact) mass is 579 g/mol. The minimum atomic E-state index is -3.50. The average molecular weight is 580 g/mol. The van der Waals surface area contributed by atoms with Gasteiger partial charge in [-0.25, -0.2) is 12.8 Å². The second kappa shape index (κ2) is 12.5. The number of benzene rings is 3. The van der Waals surface area contributed by atoms with Crippen LogP contribution in [0.25, 0.3) is 11.3 Å². The fraction of sp³-hybridized carbons (Fsp3) is 0.267. The molecule has 41 heavy (non-hydrogen) atoms. The van der Waals surface area contributed by atoms with Gasteiger partial charge in [-0.1, -0.05) is 24.3 Å². The van der Waals surface area contributed by atoms with Crippen molar-refractivity contribution in [3.05, 3.63) is 89.2 Å². The normalized spacial score (nSPS) is 14.0. The first-order valence-electron chi connectivity index (χ1n) is 13.1. The molecule has 2 amide bonds. The van der Waals surface area contributed by atoms with Gasteiger partial charge in [0, 0.05) is 37.8 Å². The van der Waals surface area contributed by atoms with Crippen molar-refractivity contribution in [2.75, 3.05) is 55.4 Å². The third kappa shape index (κ3) is 7.30. The van der Waals surface area contributed by atoms with Crippen molar-refractivity contribution in [3.8, 4) is 0 Å². The number of fused-ring (bicyclic) bond motifs is 1. The fourth-order valence-corrected chi connectivity index (χ4v) is 5.44. The number of anilines is 3. The van der Waals surface area contributed by atoms with Crippen LogP contribution in [0.15, 0.2) is 66.7 Å². The summed E-state index contributed by atoms with van der Waals surface area (Å²) in [6, 6.07) is 18.6. The van der Waals surface area contributed by atoms with E-state index in [0.29, 0.717) is 65.4 Å². The molecule has 0 aromatic heterocycles. The van der Waals surface area contributed by atoms with Crippen LogP contribution >= 0.6 is 0 Å². The van der Waals surface area contributed by atoms with E-state index in [4.69, 9.17) is 0 Å². The Hall–Kier alpha value is -4.22. The molecule has 11 heteroatoms. The van der Waals surface area contributed by atoms with E-state index in [9.17, 15) is 22.4 Å². The zero-order valence-corrected chi connectivity index (χ0v) is 24.3. The van der Waals surface area contributed by atoms with Gasteiger partial charge < -0.3 is 20.9 Å². The van der Waals surface area contributed by atoms with Gasteiger partial charge in [0.1, 0.15) is 5.82 Å². The summed E-state index contributed by atoms with van der Waals surface area (Å²) in [6.07, 6.45) is 2.09. The number of carbonyl (C=O) groups is 2. The van der Waals surface area contributed by atoms with E-state index >= 15 is 0 Å². The van der Waals surface area contributed by atoms with Gasteiger partial charge in [-0.15, -0.1) is 0 Å². The molecule has 0 bridgehead atoms. The molecule has 0 unspecified atom stereocenters. The summed E-state index contributed by atoms with van der Waals surface area (Å²) in [6.45, 7) is 0.852. The largest absolute Gasteiger partial charge is 0.359 e. The smallest absolute Gasteiger partial charge is 0.258 e. The fourth-order valence-electron chi connectivity index (χ4n) is 4.53. The van der Waals surface area contributed by atoms with E-state index in [1.165, 1.54) is 22.7 Å². The molecule has 0 atom stereocenters. The maximum atomic E-state index is 13.9. The van der Waals surface area contributed by atoms with Crippen molar-refractivity contribution < 1.29 is 22.4 Å². The molecule has 216 valence electrons. The van der Waals surface area contributed by atoms with Crippen LogP contribution in [-0.4, -0.2) is 65.6 Å². The van der Waals surface area contributed by atoms with Crippen molar-refractivity contribution in [1.29, 1.82) is 0 Å². The summed E-state index contributed by atoms with van der Waals surface area (Å²) in [4.78, 5) is 26.7. The molecule has 3 aromatic rings. The van der Waals surface area contributed by atoms with Crippen molar-refractivity contribution in [2.45, 2.75) is 12.8 Å². The van der Waals surface area contributed by atoms with Crippen LogP contribution in [0.2, 0.25) is 0 Å². The number of nitrogens with zero attached hydrogens (tertiary/aromatic N) is 2. The molecule has 1 aliphatic heterocycles. The molecule has 1 heterocycles. The van der Waals surface area contributed by atoms with Gasteiger partial charge in [0.05, 0.1) is 28.9 Å². The molecule has 1 aliphatic rings. The molecule has 4 rings (SSSR count). The summed E-state index contributed by atoms with van der Waals surface area (Å²) < 4.78 is 40.2. The number of carbonyl (C=O) groups excluding carboxylic acids is 2. The van der Waals surface area contributed by atoms with Gasteiger partial charge in [0.2, 0.25) is 15.9 Å². The van der Waals surface area contributed by atoms with Crippen LogP contribution in [0.1, 0.15) is 23.1 Å². The molecule has 0 saturated carbocycles. The first-order chi connectivity index (χ1) is 19.5. The molecule has 0 saturated heterocycles. The molecular weight excluding hydrogens is 545 g/mol. The Kier molecular flexibility index (Phi) is 9.09. The Morgan fingerprint density at radius 3 is 2.27 bits per heavy atom. The lowest BCUT2D eigenvalue weighted by Gasteiger charge is -2.24. The van der Waals surface area contributed by atoms with Gasteiger partial charge in [-0.05, 0) is 74.1 Å². The zero-order chi connectivity index (χ0) is 29.7. The first kappa shape index (κ1) is 29.8. The van der Waals surface area contributed by atoms with Crippen LogP contribution in [0.3, 0.4) is 0 Å². The number of sulfonamides is 1. The maximum absolute atomic E-state index is 13.9. The van der Waals surface area contributed by atoms with E-state index in [0.717, 1.165) is 5.56 Å². The minimum absolute atomic E-state index is 0.0513. The lowest BCUT2D eigenvalue weighted by atomic mass is 9.98. The Morgan fingerprint density at radius 2 is 1.66 bits per heavy atom. The molecular formula is C30H34FN5O4S. The Bertz CT molecular complexity index is 1570. The lowest BCUT2D eigenvalue weighted by molar-refractivity contribution is -0.120. The SMILES string of the molecule is CNC(=O)CCc1ccc(/C(Nc2ccc(N(CCN(C)C)S(C)(=O)=O)cc2)=C2/C(=O)Nc3cc(F)ccc32)cc1. The molecule has 0 aliphatic carbocycles. The number of hydrogen-bond donors (Lipinski definition) is 3. The molecule has 0 spiro atoms. The van der Waals surface area contributed by atoms with Gasteiger partial charge in [0.15, 0.2) is 0 Å². The molecule has 0 fully saturated rings. The highest BCUT2D eigenvalue weighted by Gasteiger charge is 2.29. The summed E-state index contributed by atoms with van der Waals surface area (Å²) in [5.41, 5.74) is 4.62. The zero-order valence-electron chi connectivity index (χ0n) is 23.5.